The van der Waals surface area contributed by atoms with Crippen molar-refractivity contribution in [3.05, 3.63) is 0 Å². The van der Waals surface area contributed by atoms with Crippen molar-refractivity contribution >= 4 is 11.6 Å². The maximum atomic E-state index is 5.76. The fourth-order valence-electron chi connectivity index (χ4n) is 3.37. The van der Waals surface area contributed by atoms with E-state index < -0.39 is 0 Å². The molecule has 2 rings (SSSR count). The van der Waals surface area contributed by atoms with Crippen LogP contribution in [-0.4, -0.2) is 67.7 Å². The van der Waals surface area contributed by atoms with Gasteiger partial charge in [0.15, 0.2) is 0 Å². The zero-order valence-corrected chi connectivity index (χ0v) is 12.4. The minimum absolute atomic E-state index is 0.466. The number of hydrogen-bond acceptors (Lipinski definition) is 3. The number of alkyl halides is 1. The fourth-order valence-corrected chi connectivity index (χ4v) is 3.49. The molecule has 106 valence electrons. The van der Waals surface area contributed by atoms with E-state index in [9.17, 15) is 0 Å². The highest BCUT2D eigenvalue weighted by atomic mass is 35.5. The largest absolute Gasteiger partial charge is 0.380 e. The Labute approximate surface area is 116 Å². The normalized spacial score (nSPS) is 31.7. The number of halogens is 1. The van der Waals surface area contributed by atoms with E-state index in [2.05, 4.69) is 9.80 Å². The summed E-state index contributed by atoms with van der Waals surface area (Å²) in [5.41, 5.74) is 0. The first-order valence-electron chi connectivity index (χ1n) is 7.40. The van der Waals surface area contributed by atoms with Gasteiger partial charge in [-0.1, -0.05) is 12.8 Å². The van der Waals surface area contributed by atoms with Gasteiger partial charge in [0.05, 0.1) is 6.10 Å². The zero-order valence-electron chi connectivity index (χ0n) is 11.6. The molecule has 0 aromatic heterocycles. The minimum Gasteiger partial charge on any atom is -0.380 e. The lowest BCUT2D eigenvalue weighted by Crippen LogP contribution is -2.54. The molecule has 0 bridgehead atoms. The number of nitrogens with zero attached hydrogens (tertiary/aromatic N) is 2. The van der Waals surface area contributed by atoms with Gasteiger partial charge in [-0.2, -0.15) is 0 Å². The van der Waals surface area contributed by atoms with E-state index >= 15 is 0 Å². The Kier molecular flexibility index (Phi) is 6.22. The lowest BCUT2D eigenvalue weighted by atomic mass is 9.91. The van der Waals surface area contributed by atoms with Gasteiger partial charge in [0.1, 0.15) is 0 Å². The third-order valence-corrected chi connectivity index (χ3v) is 4.72. The van der Waals surface area contributed by atoms with Crippen LogP contribution in [0.4, 0.5) is 0 Å². The van der Waals surface area contributed by atoms with Gasteiger partial charge in [-0.25, -0.2) is 0 Å². The molecule has 18 heavy (non-hydrogen) atoms. The average molecular weight is 275 g/mol. The molecule has 1 saturated heterocycles. The van der Waals surface area contributed by atoms with Gasteiger partial charge in [0, 0.05) is 45.2 Å². The summed E-state index contributed by atoms with van der Waals surface area (Å²) in [6.45, 7) is 5.96. The summed E-state index contributed by atoms with van der Waals surface area (Å²) in [6, 6.07) is 0.666. The molecule has 2 fully saturated rings. The quantitative estimate of drug-likeness (QED) is 0.715. The molecule has 1 saturated carbocycles. The fraction of sp³-hybridized carbons (Fsp3) is 1.00. The van der Waals surface area contributed by atoms with Crippen LogP contribution in [0.15, 0.2) is 0 Å². The van der Waals surface area contributed by atoms with E-state index in [0.29, 0.717) is 12.1 Å². The van der Waals surface area contributed by atoms with Crippen molar-refractivity contribution in [1.82, 2.24) is 9.80 Å². The number of rotatable bonds is 5. The molecular weight excluding hydrogens is 248 g/mol. The van der Waals surface area contributed by atoms with Crippen molar-refractivity contribution in [2.45, 2.75) is 44.2 Å². The van der Waals surface area contributed by atoms with Crippen LogP contribution in [0.1, 0.15) is 32.1 Å². The van der Waals surface area contributed by atoms with Gasteiger partial charge in [-0.05, 0) is 25.8 Å². The second kappa shape index (κ2) is 7.68. The molecule has 0 aromatic rings. The smallest absolute Gasteiger partial charge is 0.0726 e. The molecule has 2 aliphatic rings. The number of piperazine rings is 1. The van der Waals surface area contributed by atoms with E-state index in [1.807, 2.05) is 7.11 Å². The van der Waals surface area contributed by atoms with Crippen molar-refractivity contribution in [3.8, 4) is 0 Å². The van der Waals surface area contributed by atoms with E-state index in [-0.39, 0.29) is 0 Å². The Morgan fingerprint density at radius 2 is 1.83 bits per heavy atom. The van der Waals surface area contributed by atoms with Gasteiger partial charge in [0.2, 0.25) is 0 Å². The van der Waals surface area contributed by atoms with E-state index in [0.717, 1.165) is 18.8 Å². The summed E-state index contributed by atoms with van der Waals surface area (Å²) in [4.78, 5) is 5.20. The van der Waals surface area contributed by atoms with Gasteiger partial charge in [-0.15, -0.1) is 11.6 Å². The lowest BCUT2D eigenvalue weighted by molar-refractivity contribution is -0.0270. The molecule has 1 heterocycles. The Balaban J connectivity index is 1.77. The average Bonchev–Trinajstić information content (AvgIpc) is 2.45. The summed E-state index contributed by atoms with van der Waals surface area (Å²) in [7, 11) is 1.87. The van der Waals surface area contributed by atoms with E-state index in [1.54, 1.807) is 0 Å². The summed E-state index contributed by atoms with van der Waals surface area (Å²) in [6.07, 6.45) is 6.86. The van der Waals surface area contributed by atoms with Gasteiger partial charge in [-0.3, -0.25) is 4.90 Å². The van der Waals surface area contributed by atoms with E-state index in [1.165, 1.54) is 51.9 Å². The molecule has 2 unspecified atom stereocenters. The first kappa shape index (κ1) is 14.6. The SMILES string of the molecule is COC1CCCCC1N1CCN(CCCCl)CC1. The maximum Gasteiger partial charge on any atom is 0.0726 e. The van der Waals surface area contributed by atoms with Crippen LogP contribution in [0.25, 0.3) is 0 Å². The van der Waals surface area contributed by atoms with Crippen molar-refractivity contribution < 1.29 is 4.74 Å². The summed E-state index contributed by atoms with van der Waals surface area (Å²) in [5, 5.41) is 0. The topological polar surface area (TPSA) is 15.7 Å². The van der Waals surface area contributed by atoms with Crippen molar-refractivity contribution in [2.75, 3.05) is 45.7 Å². The number of hydrogen-bond donors (Lipinski definition) is 0. The Hall–Kier alpha value is 0.170. The van der Waals surface area contributed by atoms with Gasteiger partial charge >= 0.3 is 0 Å². The maximum absolute atomic E-state index is 5.76. The van der Waals surface area contributed by atoms with Crippen molar-refractivity contribution in [2.24, 2.45) is 0 Å². The first-order valence-corrected chi connectivity index (χ1v) is 7.93. The van der Waals surface area contributed by atoms with Crippen molar-refractivity contribution in [3.63, 3.8) is 0 Å². The molecule has 0 spiro atoms. The van der Waals surface area contributed by atoms with Gasteiger partial charge < -0.3 is 9.64 Å². The molecule has 4 heteroatoms. The lowest BCUT2D eigenvalue weighted by Gasteiger charge is -2.43. The number of methoxy groups -OCH3 is 1. The molecule has 3 nitrogen and oxygen atoms in total. The van der Waals surface area contributed by atoms with Crippen LogP contribution in [-0.2, 0) is 4.74 Å². The third kappa shape index (κ3) is 3.83. The predicted molar refractivity (Wildman–Crippen MR) is 76.4 cm³/mol. The molecular formula is C14H27ClN2O. The molecule has 1 aliphatic carbocycles. The minimum atomic E-state index is 0.466. The van der Waals surface area contributed by atoms with Crippen LogP contribution in [0.2, 0.25) is 0 Å². The Bertz CT molecular complexity index is 232. The monoisotopic (exact) mass is 274 g/mol. The second-order valence-electron chi connectivity index (χ2n) is 5.55. The van der Waals surface area contributed by atoms with Gasteiger partial charge in [0.25, 0.3) is 0 Å². The summed E-state index contributed by atoms with van der Waals surface area (Å²) >= 11 is 5.76. The molecule has 2 atom stereocenters. The number of ether oxygens (including phenoxy) is 1. The zero-order chi connectivity index (χ0) is 12.8. The highest BCUT2D eigenvalue weighted by Gasteiger charge is 2.31. The highest BCUT2D eigenvalue weighted by Crippen LogP contribution is 2.26. The molecule has 0 aromatic carbocycles. The van der Waals surface area contributed by atoms with Crippen LogP contribution in [0, 0.1) is 0 Å². The third-order valence-electron chi connectivity index (χ3n) is 4.45. The van der Waals surface area contributed by atoms with Crippen molar-refractivity contribution in [1.29, 1.82) is 0 Å². The van der Waals surface area contributed by atoms with Crippen LogP contribution >= 0.6 is 11.6 Å². The van der Waals surface area contributed by atoms with E-state index in [4.69, 9.17) is 16.3 Å². The Morgan fingerprint density at radius 1 is 1.11 bits per heavy atom. The second-order valence-corrected chi connectivity index (χ2v) is 5.92. The molecule has 0 N–H and O–H groups in total. The first-order chi connectivity index (χ1) is 8.85. The van der Waals surface area contributed by atoms with Crippen LogP contribution in [0.5, 0.6) is 0 Å². The summed E-state index contributed by atoms with van der Waals surface area (Å²) in [5.74, 6) is 0.786. The van der Waals surface area contributed by atoms with Crippen LogP contribution < -0.4 is 0 Å². The van der Waals surface area contributed by atoms with Crippen LogP contribution in [0.3, 0.4) is 0 Å². The summed E-state index contributed by atoms with van der Waals surface area (Å²) < 4.78 is 5.68. The Morgan fingerprint density at radius 3 is 2.50 bits per heavy atom. The molecule has 0 radical (unpaired) electrons. The molecule has 1 aliphatic heterocycles. The highest BCUT2D eigenvalue weighted by molar-refractivity contribution is 6.17. The molecule has 0 amide bonds. The predicted octanol–water partition coefficient (Wildman–Crippen LogP) is 2.19. The standard InChI is InChI=1S/C14H27ClN2O/c1-18-14-6-3-2-5-13(14)17-11-9-16(10-12-17)8-4-7-15/h13-14H,2-12H2,1H3.